The first kappa shape index (κ1) is 16.8. The highest BCUT2D eigenvalue weighted by atomic mass is 32.1. The summed E-state index contributed by atoms with van der Waals surface area (Å²) in [5.41, 5.74) is 2.00. The van der Waals surface area contributed by atoms with Crippen LogP contribution in [0.5, 0.6) is 0 Å². The van der Waals surface area contributed by atoms with Gasteiger partial charge in [-0.2, -0.15) is 0 Å². The highest BCUT2D eigenvalue weighted by Gasteiger charge is 2.18. The zero-order valence-electron chi connectivity index (χ0n) is 13.5. The van der Waals surface area contributed by atoms with Crippen LogP contribution in [0.1, 0.15) is 23.5 Å². The minimum Gasteiger partial charge on any atom is -0.358 e. The first-order valence-electron chi connectivity index (χ1n) is 7.65. The van der Waals surface area contributed by atoms with E-state index in [9.17, 15) is 4.39 Å². The lowest BCUT2D eigenvalue weighted by atomic mass is 10.2. The second-order valence-electron chi connectivity index (χ2n) is 5.59. The topological polar surface area (TPSA) is 28.2 Å². The van der Waals surface area contributed by atoms with Crippen LogP contribution in [0, 0.1) is 5.82 Å². The van der Waals surface area contributed by atoms with Crippen molar-refractivity contribution in [3.05, 3.63) is 64.9 Å². The van der Waals surface area contributed by atoms with E-state index < -0.39 is 0 Å². The molecule has 3 aromatic rings. The quantitative estimate of drug-likeness (QED) is 0.694. The van der Waals surface area contributed by atoms with Crippen LogP contribution in [0.25, 0.3) is 10.2 Å². The fourth-order valence-electron chi connectivity index (χ4n) is 2.31. The lowest BCUT2D eigenvalue weighted by molar-refractivity contribution is 0.394. The predicted molar refractivity (Wildman–Crippen MR) is 102 cm³/mol. The molecule has 0 aliphatic heterocycles. The smallest absolute Gasteiger partial charge is 0.169 e. The maximum atomic E-state index is 12.9. The number of nitrogens with zero attached hydrogens (tertiary/aromatic N) is 2. The van der Waals surface area contributed by atoms with Gasteiger partial charge in [-0.25, -0.2) is 9.37 Å². The normalized spacial score (nSPS) is 12.1. The van der Waals surface area contributed by atoms with Crippen molar-refractivity contribution in [3.8, 4) is 0 Å². The Hall–Kier alpha value is -2.05. The highest BCUT2D eigenvalue weighted by molar-refractivity contribution is 7.80. The largest absolute Gasteiger partial charge is 0.358 e. The SMILES string of the molecule is C[C@H](c1nc2ccccc2s1)N(C)C(=S)NCc1ccc(F)cc1. The molecular formula is C18H18FN3S2. The Morgan fingerprint density at radius 3 is 2.67 bits per heavy atom. The molecule has 0 amide bonds. The number of para-hydroxylation sites is 1. The molecule has 0 saturated heterocycles. The van der Waals surface area contributed by atoms with Crippen molar-refractivity contribution in [2.45, 2.75) is 19.5 Å². The molecular weight excluding hydrogens is 341 g/mol. The van der Waals surface area contributed by atoms with Crippen LogP contribution < -0.4 is 5.32 Å². The molecule has 1 atom stereocenters. The van der Waals surface area contributed by atoms with Gasteiger partial charge in [0.15, 0.2) is 5.11 Å². The van der Waals surface area contributed by atoms with Crippen molar-refractivity contribution in [2.24, 2.45) is 0 Å². The standard InChI is InChI=1S/C18H18FN3S2/c1-12(17-21-15-5-3-4-6-16(15)24-17)22(2)18(23)20-11-13-7-9-14(19)10-8-13/h3-10,12H,11H2,1-2H3,(H,20,23)/t12-/m1/s1. The van der Waals surface area contributed by atoms with Gasteiger partial charge in [-0.15, -0.1) is 11.3 Å². The van der Waals surface area contributed by atoms with Gasteiger partial charge in [0.05, 0.1) is 16.3 Å². The van der Waals surface area contributed by atoms with E-state index in [1.165, 1.54) is 16.8 Å². The van der Waals surface area contributed by atoms with Crippen LogP contribution >= 0.6 is 23.6 Å². The number of halogens is 1. The first-order valence-corrected chi connectivity index (χ1v) is 8.87. The Balaban J connectivity index is 1.64. The van der Waals surface area contributed by atoms with Gasteiger partial charge in [0.25, 0.3) is 0 Å². The first-order chi connectivity index (χ1) is 11.5. The van der Waals surface area contributed by atoms with Crippen molar-refractivity contribution in [1.82, 2.24) is 15.2 Å². The molecule has 0 spiro atoms. The lowest BCUT2D eigenvalue weighted by Gasteiger charge is -2.26. The zero-order chi connectivity index (χ0) is 17.1. The number of thiazole rings is 1. The molecule has 0 aliphatic carbocycles. The molecule has 0 fully saturated rings. The summed E-state index contributed by atoms with van der Waals surface area (Å²) in [6.45, 7) is 2.65. The Kier molecular flexibility index (Phi) is 5.06. The van der Waals surface area contributed by atoms with Gasteiger partial charge in [0.2, 0.25) is 0 Å². The Labute approximate surface area is 150 Å². The number of hydrogen-bond donors (Lipinski definition) is 1. The van der Waals surface area contributed by atoms with Crippen LogP contribution in [0.4, 0.5) is 4.39 Å². The Bertz CT molecular complexity index is 812. The van der Waals surface area contributed by atoms with E-state index in [1.54, 1.807) is 23.5 Å². The summed E-state index contributed by atoms with van der Waals surface area (Å²) in [5.74, 6) is -0.233. The second kappa shape index (κ2) is 7.23. The molecule has 1 heterocycles. The Morgan fingerprint density at radius 1 is 1.25 bits per heavy atom. The van der Waals surface area contributed by atoms with Crippen LogP contribution in [-0.4, -0.2) is 22.0 Å². The van der Waals surface area contributed by atoms with Crippen molar-refractivity contribution in [1.29, 1.82) is 0 Å². The van der Waals surface area contributed by atoms with Gasteiger partial charge in [-0.05, 0) is 49.0 Å². The summed E-state index contributed by atoms with van der Waals surface area (Å²) < 4.78 is 14.1. The predicted octanol–water partition coefficient (Wildman–Crippen LogP) is 4.50. The number of aromatic nitrogens is 1. The average Bonchev–Trinajstić information content (AvgIpc) is 3.03. The third kappa shape index (κ3) is 3.71. The molecule has 3 nitrogen and oxygen atoms in total. The van der Waals surface area contributed by atoms with Crippen molar-refractivity contribution >= 4 is 38.9 Å². The summed E-state index contributed by atoms with van der Waals surface area (Å²) >= 11 is 7.16. The van der Waals surface area contributed by atoms with Crippen molar-refractivity contribution < 1.29 is 4.39 Å². The molecule has 2 aromatic carbocycles. The average molecular weight is 359 g/mol. The fourth-order valence-corrected chi connectivity index (χ4v) is 3.61. The van der Waals surface area contributed by atoms with Crippen LogP contribution in [0.2, 0.25) is 0 Å². The molecule has 0 unspecified atom stereocenters. The van der Waals surface area contributed by atoms with Crippen LogP contribution in [-0.2, 0) is 6.54 Å². The maximum absolute atomic E-state index is 12.9. The molecule has 1 N–H and O–H groups in total. The minimum atomic E-state index is -0.233. The Morgan fingerprint density at radius 2 is 1.96 bits per heavy atom. The summed E-state index contributed by atoms with van der Waals surface area (Å²) in [6, 6.07) is 14.6. The lowest BCUT2D eigenvalue weighted by Crippen LogP contribution is -2.38. The fraction of sp³-hybridized carbons (Fsp3) is 0.222. The third-order valence-electron chi connectivity index (χ3n) is 3.93. The molecule has 0 aliphatic rings. The van der Waals surface area contributed by atoms with E-state index >= 15 is 0 Å². The van der Waals surface area contributed by atoms with E-state index in [2.05, 4.69) is 18.3 Å². The van der Waals surface area contributed by atoms with Gasteiger partial charge in [0.1, 0.15) is 10.8 Å². The van der Waals surface area contributed by atoms with Crippen molar-refractivity contribution in [2.75, 3.05) is 7.05 Å². The van der Waals surface area contributed by atoms with Gasteiger partial charge in [-0.1, -0.05) is 24.3 Å². The van der Waals surface area contributed by atoms with Gasteiger partial charge >= 0.3 is 0 Å². The number of nitrogens with one attached hydrogen (secondary N) is 1. The van der Waals surface area contributed by atoms with Crippen LogP contribution in [0.15, 0.2) is 48.5 Å². The van der Waals surface area contributed by atoms with Gasteiger partial charge in [-0.3, -0.25) is 0 Å². The van der Waals surface area contributed by atoms with E-state index in [0.717, 1.165) is 16.1 Å². The number of hydrogen-bond acceptors (Lipinski definition) is 3. The number of thiocarbonyl (C=S) groups is 1. The van der Waals surface area contributed by atoms with Gasteiger partial charge < -0.3 is 10.2 Å². The molecule has 0 radical (unpaired) electrons. The minimum absolute atomic E-state index is 0.0793. The summed E-state index contributed by atoms with van der Waals surface area (Å²) in [4.78, 5) is 6.69. The van der Waals surface area contributed by atoms with E-state index in [1.807, 2.05) is 30.1 Å². The van der Waals surface area contributed by atoms with Gasteiger partial charge in [0, 0.05) is 13.6 Å². The molecule has 0 bridgehead atoms. The van der Waals surface area contributed by atoms with E-state index in [4.69, 9.17) is 17.2 Å². The number of benzene rings is 2. The number of rotatable bonds is 4. The molecule has 0 saturated carbocycles. The third-order valence-corrected chi connectivity index (χ3v) is 5.57. The summed E-state index contributed by atoms with van der Waals surface area (Å²) in [6.07, 6.45) is 0. The molecule has 24 heavy (non-hydrogen) atoms. The number of fused-ring (bicyclic) bond motifs is 1. The molecule has 124 valence electrons. The monoisotopic (exact) mass is 359 g/mol. The van der Waals surface area contributed by atoms with Crippen LogP contribution in [0.3, 0.4) is 0 Å². The molecule has 1 aromatic heterocycles. The summed E-state index contributed by atoms with van der Waals surface area (Å²) in [7, 11) is 1.96. The molecule has 6 heteroatoms. The van der Waals surface area contributed by atoms with Crippen molar-refractivity contribution in [3.63, 3.8) is 0 Å². The maximum Gasteiger partial charge on any atom is 0.169 e. The summed E-state index contributed by atoms with van der Waals surface area (Å²) in [5, 5.41) is 4.89. The van der Waals surface area contributed by atoms with E-state index in [0.29, 0.717) is 11.7 Å². The molecule has 3 rings (SSSR count). The zero-order valence-corrected chi connectivity index (χ0v) is 15.1. The second-order valence-corrected chi connectivity index (χ2v) is 7.04. The van der Waals surface area contributed by atoms with E-state index in [-0.39, 0.29) is 11.9 Å². The highest BCUT2D eigenvalue weighted by Crippen LogP contribution is 2.28.